The average molecular weight is 338 g/mol. The third-order valence-electron chi connectivity index (χ3n) is 3.81. The Kier molecular flexibility index (Phi) is 3.94. The van der Waals surface area contributed by atoms with E-state index in [0.29, 0.717) is 18.8 Å². The SMILES string of the molecule is Cc1nn(C)c2nccc(NCCn3nc(C(F)(F)F)cc3C)c12. The van der Waals surface area contributed by atoms with Crippen molar-refractivity contribution in [2.75, 3.05) is 11.9 Å². The molecule has 0 bridgehead atoms. The molecule has 9 heteroatoms. The lowest BCUT2D eigenvalue weighted by Gasteiger charge is -2.09. The van der Waals surface area contributed by atoms with Crippen molar-refractivity contribution in [1.29, 1.82) is 0 Å². The van der Waals surface area contributed by atoms with Crippen molar-refractivity contribution in [3.63, 3.8) is 0 Å². The molecule has 0 radical (unpaired) electrons. The molecular weight excluding hydrogens is 321 g/mol. The van der Waals surface area contributed by atoms with E-state index < -0.39 is 11.9 Å². The van der Waals surface area contributed by atoms with Gasteiger partial charge in [-0.1, -0.05) is 0 Å². The summed E-state index contributed by atoms with van der Waals surface area (Å²) in [5, 5.41) is 12.1. The van der Waals surface area contributed by atoms with Gasteiger partial charge in [0.15, 0.2) is 11.3 Å². The molecule has 0 aromatic carbocycles. The molecule has 0 amide bonds. The number of anilines is 1. The van der Waals surface area contributed by atoms with Crippen molar-refractivity contribution in [2.45, 2.75) is 26.6 Å². The van der Waals surface area contributed by atoms with Gasteiger partial charge in [0.1, 0.15) is 0 Å². The van der Waals surface area contributed by atoms with Gasteiger partial charge in [-0.3, -0.25) is 9.36 Å². The highest BCUT2D eigenvalue weighted by atomic mass is 19.4. The van der Waals surface area contributed by atoms with Crippen LogP contribution in [0.3, 0.4) is 0 Å². The van der Waals surface area contributed by atoms with Crippen LogP contribution in [0.25, 0.3) is 11.0 Å². The highest BCUT2D eigenvalue weighted by Gasteiger charge is 2.34. The Labute approximate surface area is 136 Å². The van der Waals surface area contributed by atoms with Gasteiger partial charge in [0.05, 0.1) is 17.6 Å². The third-order valence-corrected chi connectivity index (χ3v) is 3.81. The summed E-state index contributed by atoms with van der Waals surface area (Å²) in [4.78, 5) is 4.29. The molecule has 6 nitrogen and oxygen atoms in total. The maximum atomic E-state index is 12.7. The summed E-state index contributed by atoms with van der Waals surface area (Å²) >= 11 is 0. The van der Waals surface area contributed by atoms with Crippen molar-refractivity contribution in [3.8, 4) is 0 Å². The zero-order valence-corrected chi connectivity index (χ0v) is 13.5. The molecule has 0 aliphatic rings. The lowest BCUT2D eigenvalue weighted by atomic mass is 10.2. The van der Waals surface area contributed by atoms with Crippen LogP contribution in [0.15, 0.2) is 18.3 Å². The van der Waals surface area contributed by atoms with E-state index in [0.717, 1.165) is 28.5 Å². The zero-order valence-electron chi connectivity index (χ0n) is 13.5. The van der Waals surface area contributed by atoms with Crippen LogP contribution in [0, 0.1) is 13.8 Å². The summed E-state index contributed by atoms with van der Waals surface area (Å²) in [6.45, 7) is 4.26. The van der Waals surface area contributed by atoms with Crippen LogP contribution < -0.4 is 5.32 Å². The van der Waals surface area contributed by atoms with E-state index in [1.807, 2.05) is 20.0 Å². The molecule has 3 heterocycles. The maximum absolute atomic E-state index is 12.7. The molecule has 128 valence electrons. The Morgan fingerprint density at radius 1 is 1.21 bits per heavy atom. The first-order chi connectivity index (χ1) is 11.3. The highest BCUT2D eigenvalue weighted by molar-refractivity contribution is 5.91. The molecule has 0 aliphatic carbocycles. The van der Waals surface area contributed by atoms with E-state index in [-0.39, 0.29) is 0 Å². The number of nitrogens with one attached hydrogen (secondary N) is 1. The number of pyridine rings is 1. The highest BCUT2D eigenvalue weighted by Crippen LogP contribution is 2.28. The minimum absolute atomic E-state index is 0.324. The Bertz CT molecular complexity index is 877. The first-order valence-electron chi connectivity index (χ1n) is 7.41. The van der Waals surface area contributed by atoms with E-state index in [1.165, 1.54) is 4.68 Å². The van der Waals surface area contributed by atoms with E-state index in [4.69, 9.17) is 0 Å². The number of hydrogen-bond donors (Lipinski definition) is 1. The summed E-state index contributed by atoms with van der Waals surface area (Å²) in [6, 6.07) is 2.88. The number of aryl methyl sites for hydroxylation is 3. The van der Waals surface area contributed by atoms with E-state index >= 15 is 0 Å². The monoisotopic (exact) mass is 338 g/mol. The van der Waals surface area contributed by atoms with E-state index in [9.17, 15) is 13.2 Å². The fraction of sp³-hybridized carbons (Fsp3) is 0.400. The fourth-order valence-corrected chi connectivity index (χ4v) is 2.69. The number of fused-ring (bicyclic) bond motifs is 1. The van der Waals surface area contributed by atoms with Gasteiger partial charge in [-0.2, -0.15) is 23.4 Å². The minimum atomic E-state index is -4.42. The summed E-state index contributed by atoms with van der Waals surface area (Å²) in [5.74, 6) is 0. The summed E-state index contributed by atoms with van der Waals surface area (Å²) in [5.41, 5.74) is 2.06. The van der Waals surface area contributed by atoms with Crippen molar-refractivity contribution in [2.24, 2.45) is 7.05 Å². The normalized spacial score (nSPS) is 12.1. The number of halogens is 3. The molecule has 0 unspecified atom stereocenters. The smallest absolute Gasteiger partial charge is 0.382 e. The Morgan fingerprint density at radius 3 is 2.62 bits per heavy atom. The molecule has 24 heavy (non-hydrogen) atoms. The lowest BCUT2D eigenvalue weighted by Crippen LogP contribution is -2.14. The summed E-state index contributed by atoms with van der Waals surface area (Å²) < 4.78 is 41.1. The quantitative estimate of drug-likeness (QED) is 0.795. The zero-order chi connectivity index (χ0) is 17.5. The standard InChI is InChI=1S/C15H17F3N6/c1-9-8-12(15(16,17)18)22-24(9)7-6-19-11-4-5-20-14-13(11)10(2)21-23(14)3/h4-5,8H,6-7H2,1-3H3,(H,19,20). The first kappa shape index (κ1) is 16.3. The van der Waals surface area contributed by atoms with Crippen LogP contribution in [-0.4, -0.2) is 31.1 Å². The van der Waals surface area contributed by atoms with Crippen LogP contribution in [0.5, 0.6) is 0 Å². The average Bonchev–Trinajstić information content (AvgIpc) is 3.01. The van der Waals surface area contributed by atoms with Crippen molar-refractivity contribution < 1.29 is 13.2 Å². The Morgan fingerprint density at radius 2 is 1.96 bits per heavy atom. The number of nitrogens with zero attached hydrogens (tertiary/aromatic N) is 5. The number of alkyl halides is 3. The van der Waals surface area contributed by atoms with Crippen LogP contribution in [0.1, 0.15) is 17.1 Å². The summed E-state index contributed by atoms with van der Waals surface area (Å²) in [7, 11) is 1.82. The second-order valence-electron chi connectivity index (χ2n) is 5.58. The number of aromatic nitrogens is 5. The molecule has 3 rings (SSSR count). The van der Waals surface area contributed by atoms with Gasteiger partial charge in [-0.25, -0.2) is 4.98 Å². The molecule has 0 aliphatic heterocycles. The van der Waals surface area contributed by atoms with Crippen LogP contribution >= 0.6 is 0 Å². The Balaban J connectivity index is 1.75. The van der Waals surface area contributed by atoms with Crippen molar-refractivity contribution >= 4 is 16.7 Å². The maximum Gasteiger partial charge on any atom is 0.435 e. The van der Waals surface area contributed by atoms with Gasteiger partial charge < -0.3 is 5.32 Å². The molecule has 1 N–H and O–H groups in total. The molecule has 0 atom stereocenters. The largest absolute Gasteiger partial charge is 0.435 e. The van der Waals surface area contributed by atoms with Gasteiger partial charge in [0.2, 0.25) is 0 Å². The van der Waals surface area contributed by atoms with Crippen LogP contribution in [-0.2, 0) is 19.8 Å². The molecule has 0 fully saturated rings. The number of hydrogen-bond acceptors (Lipinski definition) is 4. The molecule has 0 saturated heterocycles. The third kappa shape index (κ3) is 2.93. The molecule has 3 aromatic rings. The lowest BCUT2D eigenvalue weighted by molar-refractivity contribution is -0.141. The minimum Gasteiger partial charge on any atom is -0.382 e. The molecular formula is C15H17F3N6. The summed E-state index contributed by atoms with van der Waals surface area (Å²) in [6.07, 6.45) is -2.75. The molecule has 0 saturated carbocycles. The predicted molar refractivity (Wildman–Crippen MR) is 83.7 cm³/mol. The van der Waals surface area contributed by atoms with E-state index in [1.54, 1.807) is 17.8 Å². The van der Waals surface area contributed by atoms with Gasteiger partial charge in [0.25, 0.3) is 0 Å². The molecule has 3 aromatic heterocycles. The second-order valence-corrected chi connectivity index (χ2v) is 5.58. The fourth-order valence-electron chi connectivity index (χ4n) is 2.69. The van der Waals surface area contributed by atoms with Crippen molar-refractivity contribution in [3.05, 3.63) is 35.4 Å². The number of rotatable bonds is 4. The van der Waals surface area contributed by atoms with Gasteiger partial charge in [0, 0.05) is 31.2 Å². The van der Waals surface area contributed by atoms with Gasteiger partial charge in [-0.15, -0.1) is 0 Å². The second kappa shape index (κ2) is 5.81. The first-order valence-corrected chi connectivity index (χ1v) is 7.41. The van der Waals surface area contributed by atoms with Gasteiger partial charge in [-0.05, 0) is 26.0 Å². The van der Waals surface area contributed by atoms with E-state index in [2.05, 4.69) is 20.5 Å². The van der Waals surface area contributed by atoms with Gasteiger partial charge >= 0.3 is 6.18 Å². The predicted octanol–water partition coefficient (Wildman–Crippen LogP) is 2.91. The Hall–Kier alpha value is -2.58. The van der Waals surface area contributed by atoms with Crippen LogP contribution in [0.4, 0.5) is 18.9 Å². The topological polar surface area (TPSA) is 60.6 Å². The molecule has 0 spiro atoms. The van der Waals surface area contributed by atoms with Crippen molar-refractivity contribution in [1.82, 2.24) is 24.5 Å². The van der Waals surface area contributed by atoms with Crippen LogP contribution in [0.2, 0.25) is 0 Å².